The van der Waals surface area contributed by atoms with Crippen LogP contribution >= 0.6 is 11.6 Å². The minimum absolute atomic E-state index is 0.117. The highest BCUT2D eigenvalue weighted by Crippen LogP contribution is 2.22. The lowest BCUT2D eigenvalue weighted by Crippen LogP contribution is -2.51. The van der Waals surface area contributed by atoms with Gasteiger partial charge in [-0.25, -0.2) is 12.7 Å². The van der Waals surface area contributed by atoms with Gasteiger partial charge in [-0.1, -0.05) is 74.2 Å². The van der Waals surface area contributed by atoms with Crippen molar-refractivity contribution in [1.29, 1.82) is 0 Å². The second kappa shape index (κ2) is 13.9. The summed E-state index contributed by atoms with van der Waals surface area (Å²) in [5, 5.41) is 3.70. The molecule has 1 atom stereocenters. The zero-order valence-corrected chi connectivity index (χ0v) is 23.3. The molecule has 1 N–H and O–H groups in total. The Balaban J connectivity index is 1.70. The number of amides is 2. The number of rotatable bonds is 12. The number of carbonyl (C=O) groups is 2. The van der Waals surface area contributed by atoms with E-state index >= 15 is 0 Å². The lowest BCUT2D eigenvalue weighted by molar-refractivity contribution is -0.141. The fraction of sp³-hybridized carbons (Fsp3) is 0.500. The summed E-state index contributed by atoms with van der Waals surface area (Å²) in [7, 11) is -2.12. The third-order valence-corrected chi connectivity index (χ3v) is 9.19. The summed E-state index contributed by atoms with van der Waals surface area (Å²) in [5.74, 6) is -0.338. The molecule has 0 unspecified atom stereocenters. The van der Waals surface area contributed by atoms with Gasteiger partial charge in [-0.2, -0.15) is 0 Å². The van der Waals surface area contributed by atoms with Gasteiger partial charge >= 0.3 is 0 Å². The van der Waals surface area contributed by atoms with Crippen molar-refractivity contribution in [3.05, 3.63) is 65.2 Å². The highest BCUT2D eigenvalue weighted by atomic mass is 35.5. The number of hydrogen-bond donors (Lipinski definition) is 1. The summed E-state index contributed by atoms with van der Waals surface area (Å²) >= 11 is 6.40. The maximum atomic E-state index is 13.5. The number of hydrogen-bond acceptors (Lipinski definition) is 4. The summed E-state index contributed by atoms with van der Waals surface area (Å²) in [4.78, 5) is 28.6. The van der Waals surface area contributed by atoms with E-state index in [1.54, 1.807) is 41.3 Å². The molecule has 1 aliphatic rings. The van der Waals surface area contributed by atoms with Gasteiger partial charge < -0.3 is 10.2 Å². The molecule has 0 heterocycles. The van der Waals surface area contributed by atoms with Gasteiger partial charge in [-0.05, 0) is 49.4 Å². The summed E-state index contributed by atoms with van der Waals surface area (Å²) in [5.41, 5.74) is 0.769. The summed E-state index contributed by atoms with van der Waals surface area (Å²) in [6.07, 6.45) is 6.23. The molecule has 1 fully saturated rings. The van der Waals surface area contributed by atoms with Gasteiger partial charge in [0.2, 0.25) is 21.8 Å². The molecule has 3 rings (SSSR count). The Kier molecular flexibility index (Phi) is 11.0. The molecule has 7 nitrogen and oxygen atoms in total. The highest BCUT2D eigenvalue weighted by Gasteiger charge is 2.31. The van der Waals surface area contributed by atoms with Crippen LogP contribution in [0.5, 0.6) is 0 Å². The first kappa shape index (κ1) is 29.1. The molecular formula is C28H38ClN3O4S. The lowest BCUT2D eigenvalue weighted by Gasteiger charge is -2.33. The molecule has 0 bridgehead atoms. The van der Waals surface area contributed by atoms with E-state index in [1.165, 1.54) is 17.8 Å². The van der Waals surface area contributed by atoms with E-state index in [1.807, 2.05) is 25.1 Å². The molecule has 0 spiro atoms. The fourth-order valence-electron chi connectivity index (χ4n) is 4.76. The first-order valence-electron chi connectivity index (χ1n) is 13.1. The van der Waals surface area contributed by atoms with Crippen molar-refractivity contribution < 1.29 is 18.0 Å². The molecule has 2 amide bonds. The van der Waals surface area contributed by atoms with Crippen LogP contribution in [0.2, 0.25) is 5.02 Å². The number of halogens is 1. The van der Waals surface area contributed by atoms with Crippen molar-refractivity contribution in [2.24, 2.45) is 0 Å². The Morgan fingerprint density at radius 1 is 1.03 bits per heavy atom. The third-order valence-electron chi connectivity index (χ3n) is 6.95. The SMILES string of the molecule is CC[C@H](C(=O)NC1CCCCC1)N(Cc1ccccc1Cl)C(=O)CCCN(C)S(=O)(=O)c1ccccc1. The Morgan fingerprint density at radius 2 is 1.68 bits per heavy atom. The van der Waals surface area contributed by atoms with Crippen LogP contribution < -0.4 is 5.32 Å². The lowest BCUT2D eigenvalue weighted by atomic mass is 9.95. The summed E-state index contributed by atoms with van der Waals surface area (Å²) < 4.78 is 26.9. The molecule has 2 aromatic carbocycles. The Hall–Kier alpha value is -2.42. The fourth-order valence-corrected chi connectivity index (χ4v) is 6.19. The molecule has 0 aliphatic heterocycles. The van der Waals surface area contributed by atoms with Gasteiger partial charge in [0.1, 0.15) is 6.04 Å². The van der Waals surface area contributed by atoms with E-state index < -0.39 is 16.1 Å². The van der Waals surface area contributed by atoms with E-state index in [-0.39, 0.29) is 42.3 Å². The van der Waals surface area contributed by atoms with Gasteiger partial charge in [0.25, 0.3) is 0 Å². The average Bonchev–Trinajstić information content (AvgIpc) is 2.90. The Bertz CT molecular complexity index is 1140. The minimum Gasteiger partial charge on any atom is -0.352 e. The topological polar surface area (TPSA) is 86.8 Å². The smallest absolute Gasteiger partial charge is 0.243 e. The van der Waals surface area contributed by atoms with Crippen molar-refractivity contribution in [2.75, 3.05) is 13.6 Å². The van der Waals surface area contributed by atoms with Crippen LogP contribution in [0.4, 0.5) is 0 Å². The van der Waals surface area contributed by atoms with Gasteiger partial charge in [-0.3, -0.25) is 9.59 Å². The molecule has 202 valence electrons. The zero-order valence-electron chi connectivity index (χ0n) is 21.7. The molecule has 2 aromatic rings. The Labute approximate surface area is 226 Å². The van der Waals surface area contributed by atoms with Crippen molar-refractivity contribution in [2.45, 2.75) is 81.8 Å². The standard InChI is InChI=1S/C28H38ClN3O4S/c1-3-26(28(34)30-23-14-6-4-7-15-23)32(21-22-13-10-11-18-25(22)29)27(33)19-12-20-31(2)37(35,36)24-16-8-5-9-17-24/h5,8-11,13,16-18,23,26H,3-4,6-7,12,14-15,19-21H2,1-2H3,(H,30,34)/t26-/m1/s1. The molecular weight excluding hydrogens is 510 g/mol. The number of carbonyl (C=O) groups excluding carboxylic acids is 2. The van der Waals surface area contributed by atoms with Gasteiger partial charge in [0, 0.05) is 37.6 Å². The second-order valence-corrected chi connectivity index (χ2v) is 12.1. The Morgan fingerprint density at radius 3 is 2.32 bits per heavy atom. The summed E-state index contributed by atoms with van der Waals surface area (Å²) in [6, 6.07) is 15.1. The van der Waals surface area contributed by atoms with E-state index in [0.717, 1.165) is 31.2 Å². The van der Waals surface area contributed by atoms with E-state index in [0.29, 0.717) is 17.9 Å². The summed E-state index contributed by atoms with van der Waals surface area (Å²) in [6.45, 7) is 2.30. The molecule has 0 saturated heterocycles. The molecule has 1 saturated carbocycles. The van der Waals surface area contributed by atoms with E-state index in [4.69, 9.17) is 11.6 Å². The highest BCUT2D eigenvalue weighted by molar-refractivity contribution is 7.89. The molecule has 37 heavy (non-hydrogen) atoms. The first-order valence-corrected chi connectivity index (χ1v) is 14.9. The van der Waals surface area contributed by atoms with E-state index in [2.05, 4.69) is 5.32 Å². The molecule has 0 aromatic heterocycles. The minimum atomic E-state index is -3.64. The van der Waals surface area contributed by atoms with Crippen LogP contribution in [0, 0.1) is 0 Å². The maximum Gasteiger partial charge on any atom is 0.243 e. The number of nitrogens with zero attached hydrogens (tertiary/aromatic N) is 2. The van der Waals surface area contributed by atoms with Gasteiger partial charge in [0.05, 0.1) is 4.90 Å². The first-order chi connectivity index (χ1) is 17.7. The largest absolute Gasteiger partial charge is 0.352 e. The van der Waals surface area contributed by atoms with E-state index in [9.17, 15) is 18.0 Å². The van der Waals surface area contributed by atoms with Crippen LogP contribution in [0.1, 0.15) is 63.9 Å². The molecule has 0 radical (unpaired) electrons. The van der Waals surface area contributed by atoms with Crippen LogP contribution in [0.25, 0.3) is 0 Å². The number of sulfonamides is 1. The van der Waals surface area contributed by atoms with Crippen LogP contribution in [0.15, 0.2) is 59.5 Å². The van der Waals surface area contributed by atoms with Crippen LogP contribution in [-0.2, 0) is 26.2 Å². The number of nitrogens with one attached hydrogen (secondary N) is 1. The van der Waals surface area contributed by atoms with Crippen LogP contribution in [-0.4, -0.2) is 55.1 Å². The third kappa shape index (κ3) is 8.03. The average molecular weight is 548 g/mol. The molecule has 9 heteroatoms. The zero-order chi connectivity index (χ0) is 26.8. The van der Waals surface area contributed by atoms with Gasteiger partial charge in [-0.15, -0.1) is 0 Å². The maximum absolute atomic E-state index is 13.5. The van der Waals surface area contributed by atoms with Gasteiger partial charge in [0.15, 0.2) is 0 Å². The predicted molar refractivity (Wildman–Crippen MR) is 147 cm³/mol. The van der Waals surface area contributed by atoms with Crippen molar-refractivity contribution in [3.63, 3.8) is 0 Å². The molecule has 1 aliphatic carbocycles. The van der Waals surface area contributed by atoms with Crippen molar-refractivity contribution in [1.82, 2.24) is 14.5 Å². The second-order valence-electron chi connectivity index (χ2n) is 9.62. The monoisotopic (exact) mass is 547 g/mol. The number of benzene rings is 2. The normalized spacial score (nSPS) is 15.4. The van der Waals surface area contributed by atoms with Crippen LogP contribution in [0.3, 0.4) is 0 Å². The quantitative estimate of drug-likeness (QED) is 0.405. The van der Waals surface area contributed by atoms with Crippen molar-refractivity contribution >= 4 is 33.4 Å². The van der Waals surface area contributed by atoms with Crippen molar-refractivity contribution in [3.8, 4) is 0 Å². The predicted octanol–water partition coefficient (Wildman–Crippen LogP) is 5.00.